The Morgan fingerprint density at radius 3 is 2.56 bits per heavy atom. The van der Waals surface area contributed by atoms with E-state index in [1.54, 1.807) is 19.0 Å². The number of nitrogens with zero attached hydrogens (tertiary/aromatic N) is 2. The molecule has 1 aromatic carbocycles. The number of hydrogen-bond donors (Lipinski definition) is 1. The highest BCUT2D eigenvalue weighted by atomic mass is 35.5. The number of halogens is 1. The summed E-state index contributed by atoms with van der Waals surface area (Å²) in [6, 6.07) is 5.70. The van der Waals surface area contributed by atoms with E-state index in [4.69, 9.17) is 11.6 Å². The van der Waals surface area contributed by atoms with E-state index >= 15 is 0 Å². The van der Waals surface area contributed by atoms with Gasteiger partial charge in [0.2, 0.25) is 5.91 Å². The second-order valence-electron chi connectivity index (χ2n) is 4.45. The standard InChI is InChI=1S/C13H20ClN3O/c1-15-8-10-7-11(14)5-6-12(10)17(4)9-13(18)16(2)3/h5-7,15H,8-9H2,1-4H3. The predicted molar refractivity (Wildman–Crippen MR) is 76.2 cm³/mol. The molecule has 4 nitrogen and oxygen atoms in total. The van der Waals surface area contributed by atoms with Crippen molar-refractivity contribution < 1.29 is 4.79 Å². The number of carbonyl (C=O) groups is 1. The van der Waals surface area contributed by atoms with E-state index in [1.165, 1.54) is 0 Å². The fraction of sp³-hybridized carbons (Fsp3) is 0.462. The lowest BCUT2D eigenvalue weighted by Crippen LogP contribution is -2.34. The molecule has 0 atom stereocenters. The van der Waals surface area contributed by atoms with Crippen molar-refractivity contribution >= 4 is 23.2 Å². The quantitative estimate of drug-likeness (QED) is 0.882. The second kappa shape index (κ2) is 6.61. The van der Waals surface area contributed by atoms with E-state index < -0.39 is 0 Å². The van der Waals surface area contributed by atoms with E-state index in [0.717, 1.165) is 17.8 Å². The van der Waals surface area contributed by atoms with Crippen molar-refractivity contribution in [3.05, 3.63) is 28.8 Å². The van der Waals surface area contributed by atoms with Crippen molar-refractivity contribution in [1.82, 2.24) is 10.2 Å². The van der Waals surface area contributed by atoms with Gasteiger partial charge in [-0.3, -0.25) is 4.79 Å². The van der Waals surface area contributed by atoms with Crippen LogP contribution in [0, 0.1) is 0 Å². The fourth-order valence-electron chi connectivity index (χ4n) is 1.69. The molecule has 100 valence electrons. The van der Waals surface area contributed by atoms with Gasteiger partial charge in [0.25, 0.3) is 0 Å². The van der Waals surface area contributed by atoms with Crippen LogP contribution >= 0.6 is 11.6 Å². The second-order valence-corrected chi connectivity index (χ2v) is 4.88. The van der Waals surface area contributed by atoms with Gasteiger partial charge in [0.1, 0.15) is 0 Å². The van der Waals surface area contributed by atoms with Crippen molar-refractivity contribution in [3.63, 3.8) is 0 Å². The highest BCUT2D eigenvalue weighted by Crippen LogP contribution is 2.23. The van der Waals surface area contributed by atoms with Gasteiger partial charge in [-0.05, 0) is 30.8 Å². The van der Waals surface area contributed by atoms with Crippen LogP contribution in [0.15, 0.2) is 18.2 Å². The first-order valence-corrected chi connectivity index (χ1v) is 6.17. The number of rotatable bonds is 5. The monoisotopic (exact) mass is 269 g/mol. The zero-order chi connectivity index (χ0) is 13.7. The molecule has 5 heteroatoms. The fourth-order valence-corrected chi connectivity index (χ4v) is 1.88. The largest absolute Gasteiger partial charge is 0.365 e. The first-order chi connectivity index (χ1) is 8.45. The first-order valence-electron chi connectivity index (χ1n) is 5.80. The van der Waals surface area contributed by atoms with Crippen LogP contribution in [-0.4, -0.2) is 45.5 Å². The number of amides is 1. The van der Waals surface area contributed by atoms with Gasteiger partial charge in [-0.25, -0.2) is 0 Å². The Morgan fingerprint density at radius 2 is 2.00 bits per heavy atom. The average Bonchev–Trinajstić information content (AvgIpc) is 2.29. The Hall–Kier alpha value is -1.26. The van der Waals surface area contributed by atoms with Crippen LogP contribution in [0.2, 0.25) is 5.02 Å². The number of anilines is 1. The Balaban J connectivity index is 2.90. The number of nitrogens with one attached hydrogen (secondary N) is 1. The first kappa shape index (κ1) is 14.8. The summed E-state index contributed by atoms with van der Waals surface area (Å²) >= 11 is 5.99. The normalized spacial score (nSPS) is 10.3. The highest BCUT2D eigenvalue weighted by Gasteiger charge is 2.12. The van der Waals surface area contributed by atoms with Crippen LogP contribution < -0.4 is 10.2 Å². The van der Waals surface area contributed by atoms with Crippen molar-refractivity contribution in [3.8, 4) is 0 Å². The van der Waals surface area contributed by atoms with Gasteiger partial charge in [-0.1, -0.05) is 11.6 Å². The summed E-state index contributed by atoms with van der Waals surface area (Å²) in [5, 5.41) is 3.81. The third-order valence-electron chi connectivity index (χ3n) is 2.69. The SMILES string of the molecule is CNCc1cc(Cl)ccc1N(C)CC(=O)N(C)C. The molecule has 0 bridgehead atoms. The lowest BCUT2D eigenvalue weighted by molar-refractivity contribution is -0.127. The third kappa shape index (κ3) is 3.89. The van der Waals surface area contributed by atoms with Gasteiger partial charge < -0.3 is 15.1 Å². The molecule has 1 N–H and O–H groups in total. The number of hydrogen-bond acceptors (Lipinski definition) is 3. The molecular weight excluding hydrogens is 250 g/mol. The smallest absolute Gasteiger partial charge is 0.241 e. The Labute approximate surface area is 114 Å². The van der Waals surface area contributed by atoms with Crippen LogP contribution in [0.25, 0.3) is 0 Å². The Bertz CT molecular complexity index is 421. The summed E-state index contributed by atoms with van der Waals surface area (Å²) in [7, 11) is 7.30. The molecule has 1 amide bonds. The molecule has 1 rings (SSSR count). The van der Waals surface area contributed by atoms with Crippen molar-refractivity contribution in [2.45, 2.75) is 6.54 Å². The van der Waals surface area contributed by atoms with Gasteiger partial charge in [-0.15, -0.1) is 0 Å². The zero-order valence-electron chi connectivity index (χ0n) is 11.3. The predicted octanol–water partition coefficient (Wildman–Crippen LogP) is 1.58. The molecule has 18 heavy (non-hydrogen) atoms. The summed E-state index contributed by atoms with van der Waals surface area (Å²) in [5.41, 5.74) is 2.10. The number of carbonyl (C=O) groups excluding carboxylic acids is 1. The van der Waals surface area contributed by atoms with Gasteiger partial charge in [-0.2, -0.15) is 0 Å². The summed E-state index contributed by atoms with van der Waals surface area (Å²) in [4.78, 5) is 15.2. The van der Waals surface area contributed by atoms with E-state index in [2.05, 4.69) is 5.32 Å². The summed E-state index contributed by atoms with van der Waals surface area (Å²) in [6.07, 6.45) is 0. The molecule has 0 saturated carbocycles. The molecule has 0 aliphatic heterocycles. The van der Waals surface area contributed by atoms with E-state index in [9.17, 15) is 4.79 Å². The number of likely N-dealkylation sites (N-methyl/N-ethyl adjacent to an activating group) is 2. The van der Waals surface area contributed by atoms with Gasteiger partial charge in [0, 0.05) is 38.4 Å². The van der Waals surface area contributed by atoms with Crippen LogP contribution in [-0.2, 0) is 11.3 Å². The van der Waals surface area contributed by atoms with Gasteiger partial charge >= 0.3 is 0 Å². The Kier molecular flexibility index (Phi) is 5.44. The van der Waals surface area contributed by atoms with Crippen LogP contribution in [0.1, 0.15) is 5.56 Å². The number of benzene rings is 1. The summed E-state index contributed by atoms with van der Waals surface area (Å²) in [6.45, 7) is 1.07. The lowest BCUT2D eigenvalue weighted by atomic mass is 10.1. The lowest BCUT2D eigenvalue weighted by Gasteiger charge is -2.23. The molecule has 0 radical (unpaired) electrons. The van der Waals surface area contributed by atoms with Crippen LogP contribution in [0.5, 0.6) is 0 Å². The minimum absolute atomic E-state index is 0.0721. The maximum atomic E-state index is 11.7. The molecule has 0 aliphatic carbocycles. The van der Waals surface area contributed by atoms with E-state index in [0.29, 0.717) is 11.6 Å². The molecule has 0 aromatic heterocycles. The van der Waals surface area contributed by atoms with Gasteiger partial charge in [0.15, 0.2) is 0 Å². The molecule has 0 saturated heterocycles. The van der Waals surface area contributed by atoms with Gasteiger partial charge in [0.05, 0.1) is 6.54 Å². The highest BCUT2D eigenvalue weighted by molar-refractivity contribution is 6.30. The minimum atomic E-state index is 0.0721. The molecule has 0 heterocycles. The van der Waals surface area contributed by atoms with Crippen molar-refractivity contribution in [2.24, 2.45) is 0 Å². The van der Waals surface area contributed by atoms with E-state index in [-0.39, 0.29) is 5.91 Å². The van der Waals surface area contributed by atoms with Crippen molar-refractivity contribution in [1.29, 1.82) is 0 Å². The topological polar surface area (TPSA) is 35.6 Å². The molecule has 0 fully saturated rings. The molecular formula is C13H20ClN3O. The van der Waals surface area contributed by atoms with Crippen LogP contribution in [0.3, 0.4) is 0 Å². The zero-order valence-corrected chi connectivity index (χ0v) is 12.1. The van der Waals surface area contributed by atoms with Crippen molar-refractivity contribution in [2.75, 3.05) is 39.6 Å². The summed E-state index contributed by atoms with van der Waals surface area (Å²) in [5.74, 6) is 0.0721. The van der Waals surface area contributed by atoms with E-state index in [1.807, 2.05) is 37.2 Å². The maximum Gasteiger partial charge on any atom is 0.241 e. The molecule has 0 aliphatic rings. The molecule has 0 spiro atoms. The summed E-state index contributed by atoms with van der Waals surface area (Å²) < 4.78 is 0. The van der Waals surface area contributed by atoms with Crippen LogP contribution in [0.4, 0.5) is 5.69 Å². The maximum absolute atomic E-state index is 11.7. The average molecular weight is 270 g/mol. The third-order valence-corrected chi connectivity index (χ3v) is 2.93. The molecule has 0 unspecified atom stereocenters. The minimum Gasteiger partial charge on any atom is -0.365 e. The molecule has 1 aromatic rings. The Morgan fingerprint density at radius 1 is 1.33 bits per heavy atom.